The van der Waals surface area contributed by atoms with Crippen molar-refractivity contribution in [2.24, 2.45) is 0 Å². The van der Waals surface area contributed by atoms with E-state index in [1.54, 1.807) is 0 Å². The van der Waals surface area contributed by atoms with Crippen molar-refractivity contribution in [3.8, 4) is 0 Å². The van der Waals surface area contributed by atoms with E-state index in [4.69, 9.17) is 0 Å². The van der Waals surface area contributed by atoms with Crippen LogP contribution in [0.5, 0.6) is 0 Å². The van der Waals surface area contributed by atoms with Crippen LogP contribution in [0.2, 0.25) is 0 Å². The molecule has 0 nitrogen and oxygen atoms in total. The topological polar surface area (TPSA) is 0 Å². The maximum Gasteiger partial charge on any atom is -0.0167 e. The average molecular weight is 121 g/mol. The summed E-state index contributed by atoms with van der Waals surface area (Å²) in [6.07, 6.45) is 16.0. The second kappa shape index (κ2) is 4.37. The lowest BCUT2D eigenvalue weighted by atomic mass is 10.1. The highest BCUT2D eigenvalue weighted by Crippen LogP contribution is 2.05. The zero-order chi connectivity index (χ0) is 6.36. The third-order valence-electron chi connectivity index (χ3n) is 1.49. The number of hydrogen-bond donors (Lipinski definition) is 0. The summed E-state index contributed by atoms with van der Waals surface area (Å²) in [5, 5.41) is 0. The van der Waals surface area contributed by atoms with Gasteiger partial charge in [-0.3, -0.25) is 0 Å². The van der Waals surface area contributed by atoms with Crippen molar-refractivity contribution in [3.05, 3.63) is 30.7 Å². The van der Waals surface area contributed by atoms with Gasteiger partial charge in [0.2, 0.25) is 0 Å². The minimum absolute atomic E-state index is 1.25. The summed E-state index contributed by atoms with van der Waals surface area (Å²) in [5.74, 6) is 0. The van der Waals surface area contributed by atoms with Crippen LogP contribution in [0.4, 0.5) is 0 Å². The molecule has 1 radical (unpaired) electrons. The maximum absolute atomic E-state index is 2.23. The van der Waals surface area contributed by atoms with Crippen LogP contribution in [0.3, 0.4) is 0 Å². The van der Waals surface area contributed by atoms with E-state index in [0.29, 0.717) is 0 Å². The Balaban J connectivity index is 2.28. The largest absolute Gasteiger partial charge is 0.0845 e. The zero-order valence-electron chi connectivity index (χ0n) is 5.72. The monoisotopic (exact) mass is 121 g/mol. The standard InChI is InChI=1S/C9H13/c1-2-4-6-8-9-7-5-3-1/h1-5H,6-9H2/b2-1-,5-3-. The van der Waals surface area contributed by atoms with Gasteiger partial charge >= 0.3 is 0 Å². The molecule has 0 aliphatic heterocycles. The second-order valence-electron chi connectivity index (χ2n) is 2.33. The first-order valence-electron chi connectivity index (χ1n) is 3.65. The molecule has 0 heterocycles. The van der Waals surface area contributed by atoms with Gasteiger partial charge in [0.1, 0.15) is 0 Å². The highest BCUT2D eigenvalue weighted by molar-refractivity contribution is 5.08. The van der Waals surface area contributed by atoms with E-state index in [9.17, 15) is 0 Å². The molecule has 1 rings (SSSR count). The van der Waals surface area contributed by atoms with Crippen molar-refractivity contribution < 1.29 is 0 Å². The highest BCUT2D eigenvalue weighted by Gasteiger charge is 1.86. The quantitative estimate of drug-likeness (QED) is 0.462. The first-order valence-corrected chi connectivity index (χ1v) is 3.65. The van der Waals surface area contributed by atoms with Crippen LogP contribution in [0.1, 0.15) is 25.7 Å². The molecule has 0 unspecified atom stereocenters. The normalized spacial score (nSPS) is 27.6. The number of allylic oxidation sites excluding steroid dienone is 4. The van der Waals surface area contributed by atoms with Crippen molar-refractivity contribution in [2.75, 3.05) is 0 Å². The van der Waals surface area contributed by atoms with E-state index >= 15 is 0 Å². The van der Waals surface area contributed by atoms with Gasteiger partial charge in [-0.1, -0.05) is 30.7 Å². The lowest BCUT2D eigenvalue weighted by molar-refractivity contribution is 0.749. The predicted molar refractivity (Wildman–Crippen MR) is 41.0 cm³/mol. The van der Waals surface area contributed by atoms with Crippen LogP contribution in [0.25, 0.3) is 0 Å². The Bertz CT molecular complexity index is 95.2. The summed E-state index contributed by atoms with van der Waals surface area (Å²) in [5.41, 5.74) is 0. The Labute approximate surface area is 57.3 Å². The van der Waals surface area contributed by atoms with E-state index in [1.807, 2.05) is 0 Å². The molecule has 0 aromatic carbocycles. The predicted octanol–water partition coefficient (Wildman–Crippen LogP) is 2.88. The molecule has 0 saturated heterocycles. The first-order chi connectivity index (χ1) is 4.50. The van der Waals surface area contributed by atoms with Crippen LogP contribution in [-0.4, -0.2) is 0 Å². The molecule has 0 spiro atoms. The fourth-order valence-electron chi connectivity index (χ4n) is 0.938. The molecule has 0 atom stereocenters. The molecule has 1 aliphatic rings. The van der Waals surface area contributed by atoms with Gasteiger partial charge in [0.15, 0.2) is 0 Å². The molecular weight excluding hydrogens is 108 g/mol. The average Bonchev–Trinajstić information content (AvgIpc) is 2.00. The molecule has 1 aliphatic carbocycles. The van der Waals surface area contributed by atoms with E-state index in [1.165, 1.54) is 25.7 Å². The van der Waals surface area contributed by atoms with Gasteiger partial charge in [0.25, 0.3) is 0 Å². The summed E-state index contributed by atoms with van der Waals surface area (Å²) in [7, 11) is 0. The van der Waals surface area contributed by atoms with Crippen molar-refractivity contribution >= 4 is 0 Å². The zero-order valence-corrected chi connectivity index (χ0v) is 5.72. The first kappa shape index (κ1) is 6.60. The minimum Gasteiger partial charge on any atom is -0.0845 e. The molecule has 0 fully saturated rings. The van der Waals surface area contributed by atoms with Crippen molar-refractivity contribution in [3.63, 3.8) is 0 Å². The molecule has 49 valence electrons. The molecule has 0 amide bonds. The van der Waals surface area contributed by atoms with Crippen LogP contribution in [0, 0.1) is 6.42 Å². The Morgan fingerprint density at radius 1 is 0.778 bits per heavy atom. The third kappa shape index (κ3) is 3.12. The molecule has 0 saturated carbocycles. The number of rotatable bonds is 0. The Morgan fingerprint density at radius 3 is 2.67 bits per heavy atom. The third-order valence-corrected chi connectivity index (χ3v) is 1.49. The lowest BCUT2D eigenvalue weighted by Crippen LogP contribution is -1.72. The molecule has 0 N–H and O–H groups in total. The fourth-order valence-corrected chi connectivity index (χ4v) is 0.938. The second-order valence-corrected chi connectivity index (χ2v) is 2.33. The van der Waals surface area contributed by atoms with Gasteiger partial charge in [0, 0.05) is 0 Å². The van der Waals surface area contributed by atoms with Gasteiger partial charge in [-0.15, -0.1) is 0 Å². The summed E-state index contributed by atoms with van der Waals surface area (Å²) < 4.78 is 0. The maximum atomic E-state index is 2.23. The SMILES string of the molecule is [CH]1/C=C\C=C/CCCC1. The van der Waals surface area contributed by atoms with E-state index < -0.39 is 0 Å². The van der Waals surface area contributed by atoms with Gasteiger partial charge < -0.3 is 0 Å². The van der Waals surface area contributed by atoms with E-state index in [-0.39, 0.29) is 0 Å². The molecule has 0 bridgehead atoms. The van der Waals surface area contributed by atoms with Crippen molar-refractivity contribution in [2.45, 2.75) is 25.7 Å². The number of hydrogen-bond acceptors (Lipinski definition) is 0. The highest BCUT2D eigenvalue weighted by atomic mass is 13.9. The molecule has 0 aromatic rings. The van der Waals surface area contributed by atoms with Gasteiger partial charge in [-0.05, 0) is 25.7 Å². The molecule has 9 heavy (non-hydrogen) atoms. The van der Waals surface area contributed by atoms with Gasteiger partial charge in [-0.25, -0.2) is 0 Å². The molecular formula is C9H13. The van der Waals surface area contributed by atoms with E-state index in [2.05, 4.69) is 30.7 Å². The lowest BCUT2D eigenvalue weighted by Gasteiger charge is -1.91. The summed E-state index contributed by atoms with van der Waals surface area (Å²) in [6.45, 7) is 0. The Kier molecular flexibility index (Phi) is 3.20. The van der Waals surface area contributed by atoms with Crippen LogP contribution < -0.4 is 0 Å². The summed E-state index contributed by atoms with van der Waals surface area (Å²) in [4.78, 5) is 0. The van der Waals surface area contributed by atoms with Crippen LogP contribution in [0.15, 0.2) is 24.3 Å². The molecule has 0 heteroatoms. The summed E-state index contributed by atoms with van der Waals surface area (Å²) >= 11 is 0. The Hall–Kier alpha value is -0.520. The van der Waals surface area contributed by atoms with Crippen LogP contribution >= 0.6 is 0 Å². The fraction of sp³-hybridized carbons (Fsp3) is 0.444. The van der Waals surface area contributed by atoms with Crippen LogP contribution in [-0.2, 0) is 0 Å². The minimum atomic E-state index is 1.25. The molecule has 0 aromatic heterocycles. The Morgan fingerprint density at radius 2 is 1.67 bits per heavy atom. The van der Waals surface area contributed by atoms with Gasteiger partial charge in [0.05, 0.1) is 0 Å². The van der Waals surface area contributed by atoms with E-state index in [0.717, 1.165) is 0 Å². The van der Waals surface area contributed by atoms with Crippen molar-refractivity contribution in [1.82, 2.24) is 0 Å². The summed E-state index contributed by atoms with van der Waals surface area (Å²) in [6, 6.07) is 0. The van der Waals surface area contributed by atoms with Crippen molar-refractivity contribution in [1.29, 1.82) is 0 Å². The smallest absolute Gasteiger partial charge is 0.0167 e. The van der Waals surface area contributed by atoms with Gasteiger partial charge in [-0.2, -0.15) is 0 Å².